The number of fused-ring (bicyclic) bond motifs is 1. The van der Waals surface area contributed by atoms with E-state index in [1.807, 2.05) is 37.2 Å². The molecule has 0 spiro atoms. The molecule has 28 heavy (non-hydrogen) atoms. The predicted octanol–water partition coefficient (Wildman–Crippen LogP) is 4.89. The first-order valence-corrected chi connectivity index (χ1v) is 11.0. The van der Waals surface area contributed by atoms with Crippen molar-refractivity contribution in [2.75, 3.05) is 38.3 Å². The van der Waals surface area contributed by atoms with Gasteiger partial charge in [0.15, 0.2) is 5.13 Å². The van der Waals surface area contributed by atoms with E-state index in [-0.39, 0.29) is 18.3 Å². The Labute approximate surface area is 181 Å². The summed E-state index contributed by atoms with van der Waals surface area (Å²) in [4.78, 5) is 23.0. The van der Waals surface area contributed by atoms with Crippen LogP contribution in [-0.4, -0.2) is 49.2 Å². The molecule has 1 amide bonds. The number of aromatic nitrogens is 1. The summed E-state index contributed by atoms with van der Waals surface area (Å²) in [5.41, 5.74) is 3.16. The number of anilines is 1. The van der Waals surface area contributed by atoms with Crippen molar-refractivity contribution in [1.29, 1.82) is 0 Å². The third-order valence-electron chi connectivity index (χ3n) is 4.32. The second-order valence-electron chi connectivity index (χ2n) is 6.84. The van der Waals surface area contributed by atoms with Crippen molar-refractivity contribution < 1.29 is 4.79 Å². The molecule has 150 valence electrons. The molecule has 0 saturated carbocycles. The quantitative estimate of drug-likeness (QED) is 0.495. The zero-order valence-corrected chi connectivity index (χ0v) is 19.1. The fourth-order valence-corrected chi connectivity index (χ4v) is 4.42. The van der Waals surface area contributed by atoms with Crippen LogP contribution in [0.3, 0.4) is 0 Å². The first-order chi connectivity index (χ1) is 13.0. The molecule has 0 saturated heterocycles. The molecule has 0 bridgehead atoms. The van der Waals surface area contributed by atoms with Crippen molar-refractivity contribution in [3.8, 4) is 0 Å². The minimum absolute atomic E-state index is 0. The van der Waals surface area contributed by atoms with Gasteiger partial charge in [-0.25, -0.2) is 4.98 Å². The fourth-order valence-electron chi connectivity index (χ4n) is 2.85. The second-order valence-corrected chi connectivity index (χ2v) is 8.73. The van der Waals surface area contributed by atoms with Crippen LogP contribution in [-0.2, 0) is 11.2 Å². The second kappa shape index (κ2) is 10.3. The van der Waals surface area contributed by atoms with Crippen molar-refractivity contribution in [1.82, 2.24) is 9.88 Å². The monoisotopic (exact) mass is 435 g/mol. The molecule has 0 unspecified atom stereocenters. The highest BCUT2D eigenvalue weighted by atomic mass is 35.5. The smallest absolute Gasteiger partial charge is 0.233 e. The van der Waals surface area contributed by atoms with Gasteiger partial charge in [0, 0.05) is 18.0 Å². The summed E-state index contributed by atoms with van der Waals surface area (Å²) in [6, 6.07) is 14.4. The minimum atomic E-state index is 0. The van der Waals surface area contributed by atoms with Crippen LogP contribution in [0.1, 0.15) is 11.1 Å². The molecule has 1 heterocycles. The Balaban J connectivity index is 0.00000280. The highest BCUT2D eigenvalue weighted by Crippen LogP contribution is 2.32. The highest BCUT2D eigenvalue weighted by Gasteiger charge is 2.20. The molecular weight excluding hydrogens is 410 g/mol. The van der Waals surface area contributed by atoms with Gasteiger partial charge in [-0.2, -0.15) is 0 Å². The van der Waals surface area contributed by atoms with Gasteiger partial charge < -0.3 is 4.90 Å². The van der Waals surface area contributed by atoms with Gasteiger partial charge in [-0.1, -0.05) is 41.2 Å². The van der Waals surface area contributed by atoms with E-state index in [0.717, 1.165) is 27.5 Å². The van der Waals surface area contributed by atoms with E-state index in [1.165, 1.54) is 10.5 Å². The van der Waals surface area contributed by atoms with Crippen molar-refractivity contribution in [2.24, 2.45) is 0 Å². The van der Waals surface area contributed by atoms with Crippen molar-refractivity contribution in [2.45, 2.75) is 18.2 Å². The first kappa shape index (κ1) is 22.7. The zero-order valence-electron chi connectivity index (χ0n) is 16.6. The summed E-state index contributed by atoms with van der Waals surface area (Å²) in [7, 11) is 4.04. The van der Waals surface area contributed by atoms with Gasteiger partial charge in [0.05, 0.1) is 16.6 Å². The number of carbonyl (C=O) groups is 1. The Morgan fingerprint density at radius 2 is 1.93 bits per heavy atom. The van der Waals surface area contributed by atoms with Crippen LogP contribution in [0.15, 0.2) is 47.4 Å². The van der Waals surface area contributed by atoms with Gasteiger partial charge in [-0.05, 0) is 51.0 Å². The van der Waals surface area contributed by atoms with Gasteiger partial charge in [0.1, 0.15) is 0 Å². The number of rotatable bonds is 7. The number of amides is 1. The lowest BCUT2D eigenvalue weighted by Crippen LogP contribution is -2.37. The molecule has 0 aliphatic rings. The van der Waals surface area contributed by atoms with Gasteiger partial charge >= 0.3 is 0 Å². The number of benzene rings is 2. The molecule has 2 aromatic carbocycles. The predicted molar refractivity (Wildman–Crippen MR) is 124 cm³/mol. The van der Waals surface area contributed by atoms with Crippen LogP contribution in [0, 0.1) is 6.92 Å². The Bertz CT molecular complexity index is 942. The van der Waals surface area contributed by atoms with E-state index in [1.54, 1.807) is 23.1 Å². The maximum atomic E-state index is 13.1. The van der Waals surface area contributed by atoms with Crippen LogP contribution in [0.4, 0.5) is 5.13 Å². The summed E-state index contributed by atoms with van der Waals surface area (Å²) in [6.07, 6.45) is 2.46. The lowest BCUT2D eigenvalue weighted by Gasteiger charge is -2.22. The molecule has 0 aliphatic carbocycles. The average molecular weight is 436 g/mol. The van der Waals surface area contributed by atoms with E-state index in [4.69, 9.17) is 4.98 Å². The van der Waals surface area contributed by atoms with Crippen LogP contribution in [0.25, 0.3) is 10.2 Å². The van der Waals surface area contributed by atoms with Crippen LogP contribution in [0.5, 0.6) is 0 Å². The Kier molecular flexibility index (Phi) is 8.31. The number of thioether (sulfide) groups is 1. The standard InChI is InChI=1S/C21H25N3OS2.ClH/c1-15-6-5-7-16(12-15)13-20(25)24(11-10-23(2)3)21-22-18-9-8-17(26-4)14-19(18)27-21;/h5-9,12,14H,10-11,13H2,1-4H3;1H. The highest BCUT2D eigenvalue weighted by molar-refractivity contribution is 7.98. The third-order valence-corrected chi connectivity index (χ3v) is 6.09. The van der Waals surface area contributed by atoms with E-state index >= 15 is 0 Å². The topological polar surface area (TPSA) is 36.4 Å². The minimum Gasteiger partial charge on any atom is -0.308 e. The molecule has 1 aromatic heterocycles. The Morgan fingerprint density at radius 1 is 1.14 bits per heavy atom. The number of halogens is 1. The van der Waals surface area contributed by atoms with E-state index in [0.29, 0.717) is 13.0 Å². The summed E-state index contributed by atoms with van der Waals surface area (Å²) < 4.78 is 1.12. The lowest BCUT2D eigenvalue weighted by atomic mass is 10.1. The summed E-state index contributed by atoms with van der Waals surface area (Å²) >= 11 is 3.31. The van der Waals surface area contributed by atoms with E-state index in [9.17, 15) is 4.79 Å². The molecule has 0 radical (unpaired) electrons. The van der Waals surface area contributed by atoms with Crippen LogP contribution in [0.2, 0.25) is 0 Å². The maximum absolute atomic E-state index is 13.1. The van der Waals surface area contributed by atoms with Gasteiger partial charge in [0.25, 0.3) is 0 Å². The molecule has 0 atom stereocenters. The summed E-state index contributed by atoms with van der Waals surface area (Å²) in [6.45, 7) is 3.48. The molecule has 0 N–H and O–H groups in total. The SMILES string of the molecule is CSc1ccc2nc(N(CCN(C)C)C(=O)Cc3cccc(C)c3)sc2c1.Cl. The number of likely N-dealkylation sites (N-methyl/N-ethyl adjacent to an activating group) is 1. The van der Waals surface area contributed by atoms with E-state index in [2.05, 4.69) is 42.3 Å². The fraction of sp³-hybridized carbons (Fsp3) is 0.333. The Hall–Kier alpha value is -1.60. The molecule has 0 fully saturated rings. The van der Waals surface area contributed by atoms with Crippen molar-refractivity contribution in [3.63, 3.8) is 0 Å². The molecule has 7 heteroatoms. The number of aryl methyl sites for hydroxylation is 1. The molecule has 3 aromatic rings. The van der Waals surface area contributed by atoms with Crippen molar-refractivity contribution in [3.05, 3.63) is 53.6 Å². The summed E-state index contributed by atoms with van der Waals surface area (Å²) in [5, 5.41) is 0.780. The van der Waals surface area contributed by atoms with Gasteiger partial charge in [-0.3, -0.25) is 9.69 Å². The third kappa shape index (κ3) is 5.70. The summed E-state index contributed by atoms with van der Waals surface area (Å²) in [5.74, 6) is 0.0894. The first-order valence-electron chi connectivity index (χ1n) is 8.91. The largest absolute Gasteiger partial charge is 0.308 e. The van der Waals surface area contributed by atoms with E-state index < -0.39 is 0 Å². The Morgan fingerprint density at radius 3 is 2.61 bits per heavy atom. The van der Waals surface area contributed by atoms with Crippen LogP contribution >= 0.6 is 35.5 Å². The number of carbonyl (C=O) groups excluding carboxylic acids is 1. The zero-order chi connectivity index (χ0) is 19.4. The molecular formula is C21H26ClN3OS2. The van der Waals surface area contributed by atoms with Gasteiger partial charge in [-0.15, -0.1) is 24.2 Å². The van der Waals surface area contributed by atoms with Crippen molar-refractivity contribution >= 4 is 56.8 Å². The average Bonchev–Trinajstić information content (AvgIpc) is 3.04. The normalized spacial score (nSPS) is 10.9. The molecule has 3 rings (SSSR count). The van der Waals surface area contributed by atoms with Gasteiger partial charge in [0.2, 0.25) is 5.91 Å². The number of nitrogens with zero attached hydrogens (tertiary/aromatic N) is 3. The number of hydrogen-bond donors (Lipinski definition) is 0. The number of hydrogen-bond acceptors (Lipinski definition) is 5. The maximum Gasteiger partial charge on any atom is 0.233 e. The number of thiazole rings is 1. The molecule has 0 aliphatic heterocycles. The lowest BCUT2D eigenvalue weighted by molar-refractivity contribution is -0.118. The van der Waals surface area contributed by atoms with Crippen LogP contribution < -0.4 is 4.90 Å². The molecule has 4 nitrogen and oxygen atoms in total.